The van der Waals surface area contributed by atoms with Gasteiger partial charge in [-0.05, 0) is 13.0 Å². The highest BCUT2D eigenvalue weighted by molar-refractivity contribution is 5.88. The summed E-state index contributed by atoms with van der Waals surface area (Å²) in [6.07, 6.45) is 0.853. The number of nitrogens with two attached hydrogens (primary N) is 1. The lowest BCUT2D eigenvalue weighted by atomic mass is 9.97. The van der Waals surface area contributed by atoms with Gasteiger partial charge in [0.15, 0.2) is 5.54 Å². The Morgan fingerprint density at radius 2 is 2.31 bits per heavy atom. The van der Waals surface area contributed by atoms with Gasteiger partial charge in [0.2, 0.25) is 5.91 Å². The van der Waals surface area contributed by atoms with E-state index in [1.165, 1.54) is 0 Å². The van der Waals surface area contributed by atoms with Crippen molar-refractivity contribution in [2.75, 3.05) is 19.8 Å². The first kappa shape index (κ1) is 12.9. The third-order valence-electron chi connectivity index (χ3n) is 2.84. The van der Waals surface area contributed by atoms with Gasteiger partial charge in [-0.15, -0.1) is 0 Å². The molecule has 1 saturated heterocycles. The first-order valence-corrected chi connectivity index (χ1v) is 5.35. The fourth-order valence-electron chi connectivity index (χ4n) is 1.63. The number of amides is 1. The van der Waals surface area contributed by atoms with E-state index in [0.29, 0.717) is 26.0 Å². The molecule has 0 radical (unpaired) electrons. The second-order valence-electron chi connectivity index (χ2n) is 4.16. The summed E-state index contributed by atoms with van der Waals surface area (Å²) in [5.41, 5.74) is 4.10. The molecule has 1 amide bonds. The zero-order chi connectivity index (χ0) is 12.2. The predicted molar refractivity (Wildman–Crippen MR) is 56.8 cm³/mol. The minimum absolute atomic E-state index is 0.0312. The quantitative estimate of drug-likeness (QED) is 0.581. The number of carboxylic acids is 1. The molecule has 1 rings (SSSR count). The molecule has 1 aliphatic heterocycles. The second kappa shape index (κ2) is 5.27. The Hall–Kier alpha value is -1.14. The predicted octanol–water partition coefficient (Wildman–Crippen LogP) is -0.669. The van der Waals surface area contributed by atoms with Crippen molar-refractivity contribution in [1.82, 2.24) is 5.32 Å². The van der Waals surface area contributed by atoms with Crippen LogP contribution in [-0.4, -0.2) is 42.3 Å². The zero-order valence-corrected chi connectivity index (χ0v) is 9.36. The number of ether oxygens (including phenoxy) is 1. The lowest BCUT2D eigenvalue weighted by Crippen LogP contribution is -2.56. The van der Waals surface area contributed by atoms with Crippen LogP contribution in [0, 0.1) is 5.92 Å². The number of carbonyl (C=O) groups is 2. The number of nitrogens with one attached hydrogen (secondary N) is 1. The van der Waals surface area contributed by atoms with Gasteiger partial charge < -0.3 is 20.9 Å². The summed E-state index contributed by atoms with van der Waals surface area (Å²) in [7, 11) is 0. The minimum atomic E-state index is -1.25. The number of hydrogen-bond acceptors (Lipinski definition) is 4. The normalized spacial score (nSPS) is 26.4. The van der Waals surface area contributed by atoms with Gasteiger partial charge in [0, 0.05) is 18.9 Å². The summed E-state index contributed by atoms with van der Waals surface area (Å²) < 4.78 is 5.04. The molecule has 4 N–H and O–H groups in total. The molecule has 92 valence electrons. The Labute approximate surface area is 94.1 Å². The van der Waals surface area contributed by atoms with E-state index in [-0.39, 0.29) is 18.4 Å². The Balaban J connectivity index is 2.62. The van der Waals surface area contributed by atoms with Gasteiger partial charge in [-0.3, -0.25) is 4.79 Å². The largest absolute Gasteiger partial charge is 0.479 e. The standard InChI is InChI=1S/C10H18N2O4/c1-7(2-4-11)8(13)12-10(9(14)15)3-5-16-6-10/h7H,2-6,11H2,1H3,(H,12,13)(H,14,15). The molecule has 0 aromatic carbocycles. The Bertz CT molecular complexity index is 274. The van der Waals surface area contributed by atoms with Crippen LogP contribution in [0.25, 0.3) is 0 Å². The molecule has 6 heteroatoms. The van der Waals surface area contributed by atoms with Crippen LogP contribution in [0.4, 0.5) is 0 Å². The maximum atomic E-state index is 11.7. The lowest BCUT2D eigenvalue weighted by Gasteiger charge is -2.25. The molecule has 1 aliphatic rings. The van der Waals surface area contributed by atoms with Crippen LogP contribution < -0.4 is 11.1 Å². The molecule has 0 aromatic heterocycles. The summed E-state index contributed by atoms with van der Waals surface area (Å²) in [4.78, 5) is 22.8. The van der Waals surface area contributed by atoms with Gasteiger partial charge >= 0.3 is 5.97 Å². The highest BCUT2D eigenvalue weighted by Gasteiger charge is 2.44. The maximum absolute atomic E-state index is 11.7. The van der Waals surface area contributed by atoms with E-state index in [9.17, 15) is 9.59 Å². The number of carbonyl (C=O) groups excluding carboxylic acids is 1. The molecule has 0 spiro atoms. The summed E-state index contributed by atoms with van der Waals surface area (Å²) >= 11 is 0. The van der Waals surface area contributed by atoms with Crippen molar-refractivity contribution in [1.29, 1.82) is 0 Å². The molecule has 0 bridgehead atoms. The van der Waals surface area contributed by atoms with Gasteiger partial charge in [0.1, 0.15) is 0 Å². The van der Waals surface area contributed by atoms with Gasteiger partial charge in [-0.1, -0.05) is 6.92 Å². The Kier molecular flexibility index (Phi) is 4.26. The molecule has 0 aliphatic carbocycles. The second-order valence-corrected chi connectivity index (χ2v) is 4.16. The third-order valence-corrected chi connectivity index (χ3v) is 2.84. The van der Waals surface area contributed by atoms with Gasteiger partial charge in [0.05, 0.1) is 6.61 Å². The number of carboxylic acid groups (broad SMARTS) is 1. The van der Waals surface area contributed by atoms with Crippen LogP contribution in [0.3, 0.4) is 0 Å². The molecule has 0 saturated carbocycles. The first-order valence-electron chi connectivity index (χ1n) is 5.35. The van der Waals surface area contributed by atoms with Crippen LogP contribution >= 0.6 is 0 Å². The monoisotopic (exact) mass is 230 g/mol. The van der Waals surface area contributed by atoms with Crippen LogP contribution in [0.5, 0.6) is 0 Å². The number of aliphatic carboxylic acids is 1. The molecule has 6 nitrogen and oxygen atoms in total. The number of hydrogen-bond donors (Lipinski definition) is 3. The van der Waals surface area contributed by atoms with Crippen molar-refractivity contribution >= 4 is 11.9 Å². The van der Waals surface area contributed by atoms with Crippen molar-refractivity contribution in [3.05, 3.63) is 0 Å². The summed E-state index contributed by atoms with van der Waals surface area (Å²) in [5.74, 6) is -1.60. The third kappa shape index (κ3) is 2.70. The average molecular weight is 230 g/mol. The van der Waals surface area contributed by atoms with E-state index in [1.807, 2.05) is 0 Å². The van der Waals surface area contributed by atoms with E-state index < -0.39 is 11.5 Å². The van der Waals surface area contributed by atoms with E-state index in [0.717, 1.165) is 0 Å². The van der Waals surface area contributed by atoms with E-state index >= 15 is 0 Å². The molecular weight excluding hydrogens is 212 g/mol. The van der Waals surface area contributed by atoms with E-state index in [1.54, 1.807) is 6.92 Å². The summed E-state index contributed by atoms with van der Waals surface area (Å²) in [6, 6.07) is 0. The van der Waals surface area contributed by atoms with Crippen LogP contribution in [0.2, 0.25) is 0 Å². The smallest absolute Gasteiger partial charge is 0.331 e. The maximum Gasteiger partial charge on any atom is 0.331 e. The van der Waals surface area contributed by atoms with Gasteiger partial charge in [0.25, 0.3) is 0 Å². The fourth-order valence-corrected chi connectivity index (χ4v) is 1.63. The summed E-state index contributed by atoms with van der Waals surface area (Å²) in [6.45, 7) is 2.53. The van der Waals surface area contributed by atoms with Crippen molar-refractivity contribution in [2.24, 2.45) is 11.7 Å². The highest BCUT2D eigenvalue weighted by atomic mass is 16.5. The molecule has 1 heterocycles. The first-order chi connectivity index (χ1) is 7.52. The molecule has 1 fully saturated rings. The molecular formula is C10H18N2O4. The van der Waals surface area contributed by atoms with Crippen molar-refractivity contribution < 1.29 is 19.4 Å². The van der Waals surface area contributed by atoms with Crippen molar-refractivity contribution in [3.8, 4) is 0 Å². The average Bonchev–Trinajstić information content (AvgIpc) is 2.68. The van der Waals surface area contributed by atoms with Crippen molar-refractivity contribution in [2.45, 2.75) is 25.3 Å². The van der Waals surface area contributed by atoms with E-state index in [4.69, 9.17) is 15.6 Å². The van der Waals surface area contributed by atoms with Gasteiger partial charge in [-0.2, -0.15) is 0 Å². The SMILES string of the molecule is CC(CCN)C(=O)NC1(C(=O)O)CCOC1. The fraction of sp³-hybridized carbons (Fsp3) is 0.800. The Morgan fingerprint density at radius 3 is 2.75 bits per heavy atom. The molecule has 0 aromatic rings. The molecule has 2 unspecified atom stereocenters. The van der Waals surface area contributed by atoms with Gasteiger partial charge in [-0.25, -0.2) is 4.79 Å². The van der Waals surface area contributed by atoms with Crippen LogP contribution in [0.1, 0.15) is 19.8 Å². The molecule has 16 heavy (non-hydrogen) atoms. The molecule has 2 atom stereocenters. The number of rotatable bonds is 5. The van der Waals surface area contributed by atoms with Crippen molar-refractivity contribution in [3.63, 3.8) is 0 Å². The zero-order valence-electron chi connectivity index (χ0n) is 9.36. The van der Waals surface area contributed by atoms with Crippen LogP contribution in [0.15, 0.2) is 0 Å². The summed E-state index contributed by atoms with van der Waals surface area (Å²) in [5, 5.41) is 11.7. The van der Waals surface area contributed by atoms with E-state index in [2.05, 4.69) is 5.32 Å². The lowest BCUT2D eigenvalue weighted by molar-refractivity contribution is -0.148. The Morgan fingerprint density at radius 1 is 1.62 bits per heavy atom. The minimum Gasteiger partial charge on any atom is -0.479 e. The highest BCUT2D eigenvalue weighted by Crippen LogP contribution is 2.19. The topological polar surface area (TPSA) is 102 Å². The van der Waals surface area contributed by atoms with Crippen LogP contribution in [-0.2, 0) is 14.3 Å².